The summed E-state index contributed by atoms with van der Waals surface area (Å²) in [7, 11) is -2.02. The first-order valence-corrected chi connectivity index (χ1v) is 11.0. The third-order valence-corrected chi connectivity index (χ3v) is 7.01. The van der Waals surface area contributed by atoms with Crippen molar-refractivity contribution in [3.05, 3.63) is 53.1 Å². The molecule has 6 nitrogen and oxygen atoms in total. The van der Waals surface area contributed by atoms with Gasteiger partial charge in [-0.05, 0) is 67.1 Å². The van der Waals surface area contributed by atoms with Crippen LogP contribution in [0.15, 0.2) is 41.3 Å². The average Bonchev–Trinajstić information content (AvgIpc) is 2.95. The number of hydrogen-bond donors (Lipinski definition) is 1. The van der Waals surface area contributed by atoms with Crippen LogP contribution in [0.4, 0.5) is 5.69 Å². The van der Waals surface area contributed by atoms with Crippen molar-refractivity contribution in [1.29, 1.82) is 0 Å². The number of sulfonamides is 1. The van der Waals surface area contributed by atoms with Crippen LogP contribution in [0.2, 0.25) is 0 Å². The standard InChI is InChI=1S/C21H24N2O4S/c1-14-19-13-18(12-16-4-3-11-23(20(16)19)21(14)24)28(25,26)22-10-9-15-5-7-17(27-2)8-6-15/h5-8,12-14,22H,3-4,9-11H2,1-2H3/t14-/m1/s1. The molecule has 0 bridgehead atoms. The Morgan fingerprint density at radius 2 is 1.96 bits per heavy atom. The lowest BCUT2D eigenvalue weighted by molar-refractivity contribution is -0.119. The van der Waals surface area contributed by atoms with Gasteiger partial charge in [0.25, 0.3) is 0 Å². The third kappa shape index (κ3) is 3.29. The van der Waals surface area contributed by atoms with Gasteiger partial charge in [-0.25, -0.2) is 13.1 Å². The van der Waals surface area contributed by atoms with Crippen molar-refractivity contribution in [2.45, 2.75) is 37.0 Å². The van der Waals surface area contributed by atoms with E-state index in [4.69, 9.17) is 4.74 Å². The van der Waals surface area contributed by atoms with E-state index in [1.807, 2.05) is 36.1 Å². The zero-order chi connectivity index (χ0) is 19.9. The van der Waals surface area contributed by atoms with E-state index < -0.39 is 10.0 Å². The predicted octanol–water partition coefficient (Wildman–Crippen LogP) is 2.61. The summed E-state index contributed by atoms with van der Waals surface area (Å²) < 4.78 is 33.5. The molecule has 2 aliphatic heterocycles. The Balaban J connectivity index is 1.52. The molecule has 0 spiro atoms. The number of aryl methyl sites for hydroxylation is 1. The van der Waals surface area contributed by atoms with E-state index in [0.29, 0.717) is 13.0 Å². The van der Waals surface area contributed by atoms with E-state index in [9.17, 15) is 13.2 Å². The van der Waals surface area contributed by atoms with E-state index in [1.165, 1.54) is 0 Å². The number of carbonyl (C=O) groups is 1. The Kier molecular flexibility index (Phi) is 4.89. The number of amides is 1. The van der Waals surface area contributed by atoms with Gasteiger partial charge in [0.1, 0.15) is 5.75 Å². The number of ether oxygens (including phenoxy) is 1. The lowest BCUT2D eigenvalue weighted by atomic mass is 9.97. The molecule has 0 aromatic heterocycles. The van der Waals surface area contributed by atoms with Gasteiger partial charge in [0, 0.05) is 13.1 Å². The SMILES string of the molecule is COc1ccc(CCNS(=O)(=O)c2cc3c4c(c2)[C@@H](C)C(=O)N4CCC3)cc1. The summed E-state index contributed by atoms with van der Waals surface area (Å²) in [5.41, 5.74) is 3.75. The van der Waals surface area contributed by atoms with Gasteiger partial charge >= 0.3 is 0 Å². The molecule has 0 unspecified atom stereocenters. The number of anilines is 1. The van der Waals surface area contributed by atoms with Crippen molar-refractivity contribution >= 4 is 21.6 Å². The van der Waals surface area contributed by atoms with Crippen LogP contribution in [-0.4, -0.2) is 34.5 Å². The van der Waals surface area contributed by atoms with E-state index in [2.05, 4.69) is 4.72 Å². The second-order valence-electron chi connectivity index (χ2n) is 7.33. The van der Waals surface area contributed by atoms with Crippen LogP contribution in [0.5, 0.6) is 5.75 Å². The Morgan fingerprint density at radius 1 is 1.21 bits per heavy atom. The van der Waals surface area contributed by atoms with Crippen molar-refractivity contribution in [1.82, 2.24) is 4.72 Å². The minimum atomic E-state index is -3.64. The smallest absolute Gasteiger partial charge is 0.240 e. The molecule has 2 aliphatic rings. The number of methoxy groups -OCH3 is 1. The van der Waals surface area contributed by atoms with Gasteiger partial charge in [0.2, 0.25) is 15.9 Å². The van der Waals surface area contributed by atoms with Gasteiger partial charge in [0.15, 0.2) is 0 Å². The molecule has 2 heterocycles. The molecular formula is C21H24N2O4S. The number of benzene rings is 2. The number of nitrogens with zero attached hydrogens (tertiary/aromatic N) is 1. The fourth-order valence-corrected chi connectivity index (χ4v) is 5.14. The number of nitrogens with one attached hydrogen (secondary N) is 1. The molecule has 148 valence electrons. The average molecular weight is 401 g/mol. The van der Waals surface area contributed by atoms with Crippen LogP contribution in [-0.2, 0) is 27.7 Å². The zero-order valence-electron chi connectivity index (χ0n) is 16.1. The minimum absolute atomic E-state index is 0.0676. The number of carbonyl (C=O) groups excluding carboxylic acids is 1. The van der Waals surface area contributed by atoms with E-state index >= 15 is 0 Å². The van der Waals surface area contributed by atoms with Gasteiger partial charge in [-0.1, -0.05) is 12.1 Å². The fourth-order valence-electron chi connectivity index (χ4n) is 4.03. The Bertz CT molecular complexity index is 1020. The van der Waals surface area contributed by atoms with Crippen LogP contribution >= 0.6 is 0 Å². The quantitative estimate of drug-likeness (QED) is 0.809. The van der Waals surface area contributed by atoms with Crippen LogP contribution in [0, 0.1) is 0 Å². The Labute approximate surface area is 165 Å². The Hall–Kier alpha value is -2.38. The highest BCUT2D eigenvalue weighted by Crippen LogP contribution is 2.43. The van der Waals surface area contributed by atoms with Gasteiger partial charge in [-0.2, -0.15) is 0 Å². The van der Waals surface area contributed by atoms with Gasteiger partial charge in [-0.15, -0.1) is 0 Å². The summed E-state index contributed by atoms with van der Waals surface area (Å²) in [6.45, 7) is 2.88. The topological polar surface area (TPSA) is 75.7 Å². The molecule has 0 radical (unpaired) electrons. The predicted molar refractivity (Wildman–Crippen MR) is 107 cm³/mol. The third-order valence-electron chi connectivity index (χ3n) is 5.57. The van der Waals surface area contributed by atoms with Gasteiger partial charge < -0.3 is 9.64 Å². The summed E-state index contributed by atoms with van der Waals surface area (Å²) in [6.07, 6.45) is 2.25. The van der Waals surface area contributed by atoms with Crippen LogP contribution in [0.25, 0.3) is 0 Å². The second-order valence-corrected chi connectivity index (χ2v) is 9.10. The van der Waals surface area contributed by atoms with E-state index in [-0.39, 0.29) is 16.7 Å². The molecule has 28 heavy (non-hydrogen) atoms. The largest absolute Gasteiger partial charge is 0.497 e. The molecule has 7 heteroatoms. The molecule has 0 fully saturated rings. The molecule has 1 amide bonds. The summed E-state index contributed by atoms with van der Waals surface area (Å²) in [6, 6.07) is 11.0. The zero-order valence-corrected chi connectivity index (χ0v) is 16.9. The first-order chi connectivity index (χ1) is 13.4. The normalized spacial score (nSPS) is 18.3. The highest BCUT2D eigenvalue weighted by atomic mass is 32.2. The molecular weight excluding hydrogens is 376 g/mol. The monoisotopic (exact) mass is 400 g/mol. The summed E-state index contributed by atoms with van der Waals surface area (Å²) in [5.74, 6) is 0.549. The maximum Gasteiger partial charge on any atom is 0.240 e. The molecule has 2 aromatic carbocycles. The molecule has 1 atom stereocenters. The van der Waals surface area contributed by atoms with Crippen molar-refractivity contribution in [3.63, 3.8) is 0 Å². The summed E-state index contributed by atoms with van der Waals surface area (Å²) in [4.78, 5) is 14.5. The van der Waals surface area contributed by atoms with E-state index in [0.717, 1.165) is 47.5 Å². The maximum atomic E-state index is 12.8. The lowest BCUT2D eigenvalue weighted by Gasteiger charge is -2.26. The molecule has 2 aromatic rings. The fraction of sp³-hybridized carbons (Fsp3) is 0.381. The lowest BCUT2D eigenvalue weighted by Crippen LogP contribution is -2.32. The van der Waals surface area contributed by atoms with Crippen LogP contribution in [0.3, 0.4) is 0 Å². The Morgan fingerprint density at radius 3 is 2.68 bits per heavy atom. The molecule has 0 aliphatic carbocycles. The molecule has 0 saturated heterocycles. The number of rotatable bonds is 6. The highest BCUT2D eigenvalue weighted by molar-refractivity contribution is 7.89. The first-order valence-electron chi connectivity index (χ1n) is 9.51. The van der Waals surface area contributed by atoms with Crippen molar-refractivity contribution in [3.8, 4) is 5.75 Å². The summed E-state index contributed by atoms with van der Waals surface area (Å²) >= 11 is 0. The molecule has 4 rings (SSSR count). The van der Waals surface area contributed by atoms with Crippen LogP contribution in [0.1, 0.15) is 36.0 Å². The number of hydrogen-bond acceptors (Lipinski definition) is 4. The van der Waals surface area contributed by atoms with E-state index in [1.54, 1.807) is 19.2 Å². The highest BCUT2D eigenvalue weighted by Gasteiger charge is 2.38. The summed E-state index contributed by atoms with van der Waals surface area (Å²) in [5, 5.41) is 0. The van der Waals surface area contributed by atoms with Crippen molar-refractivity contribution in [2.75, 3.05) is 25.1 Å². The first kappa shape index (κ1) is 19.0. The molecule has 0 saturated carbocycles. The van der Waals surface area contributed by atoms with Crippen molar-refractivity contribution < 1.29 is 17.9 Å². The van der Waals surface area contributed by atoms with Crippen molar-refractivity contribution in [2.24, 2.45) is 0 Å². The molecule has 1 N–H and O–H groups in total. The van der Waals surface area contributed by atoms with Gasteiger partial charge in [0.05, 0.1) is 23.6 Å². The minimum Gasteiger partial charge on any atom is -0.497 e. The maximum absolute atomic E-state index is 12.8. The van der Waals surface area contributed by atoms with Gasteiger partial charge in [-0.3, -0.25) is 4.79 Å². The second kappa shape index (κ2) is 7.22. The van der Waals surface area contributed by atoms with Crippen LogP contribution < -0.4 is 14.4 Å².